The summed E-state index contributed by atoms with van der Waals surface area (Å²) in [6.07, 6.45) is 0. The van der Waals surface area contributed by atoms with Gasteiger partial charge in [0.25, 0.3) is 0 Å². The van der Waals surface area contributed by atoms with Crippen LogP contribution in [-0.2, 0) is 9.53 Å². The SMILES string of the molecule is CCOC(=O)[C@H](C#N)c1ccc(Oc2ccccc2)cc1. The largest absolute Gasteiger partial charge is 0.465 e. The molecule has 0 aliphatic carbocycles. The molecule has 0 fully saturated rings. The lowest BCUT2D eigenvalue weighted by Gasteiger charge is -2.10. The Hall–Kier alpha value is -2.80. The molecule has 0 amide bonds. The number of hydrogen-bond donors (Lipinski definition) is 0. The molecular formula is C17H15NO3. The van der Waals surface area contributed by atoms with E-state index in [1.807, 2.05) is 36.4 Å². The number of carbonyl (C=O) groups excluding carboxylic acids is 1. The quantitative estimate of drug-likeness (QED) is 0.785. The molecule has 0 aromatic heterocycles. The van der Waals surface area contributed by atoms with Gasteiger partial charge in [-0.25, -0.2) is 0 Å². The number of para-hydroxylation sites is 1. The van der Waals surface area contributed by atoms with Gasteiger partial charge >= 0.3 is 5.97 Å². The molecule has 0 aliphatic rings. The molecule has 2 rings (SSSR count). The van der Waals surface area contributed by atoms with Gasteiger partial charge in [-0.3, -0.25) is 4.79 Å². The zero-order valence-electron chi connectivity index (χ0n) is 11.7. The van der Waals surface area contributed by atoms with Gasteiger partial charge < -0.3 is 9.47 Å². The predicted molar refractivity (Wildman–Crippen MR) is 77.9 cm³/mol. The highest BCUT2D eigenvalue weighted by Gasteiger charge is 2.21. The van der Waals surface area contributed by atoms with Crippen molar-refractivity contribution in [2.24, 2.45) is 0 Å². The summed E-state index contributed by atoms with van der Waals surface area (Å²) in [5.74, 6) is -0.0644. The van der Waals surface area contributed by atoms with E-state index in [1.165, 1.54) is 0 Å². The lowest BCUT2D eigenvalue weighted by molar-refractivity contribution is -0.143. The van der Waals surface area contributed by atoms with E-state index >= 15 is 0 Å². The first-order valence-corrected chi connectivity index (χ1v) is 6.63. The fraction of sp³-hybridized carbons (Fsp3) is 0.176. The Labute approximate surface area is 123 Å². The third kappa shape index (κ3) is 3.83. The van der Waals surface area contributed by atoms with E-state index in [-0.39, 0.29) is 6.61 Å². The summed E-state index contributed by atoms with van der Waals surface area (Å²) in [6, 6.07) is 18.2. The van der Waals surface area contributed by atoms with Gasteiger partial charge in [0.05, 0.1) is 12.7 Å². The lowest BCUT2D eigenvalue weighted by Crippen LogP contribution is -2.14. The van der Waals surface area contributed by atoms with Crippen LogP contribution in [0, 0.1) is 11.3 Å². The summed E-state index contributed by atoms with van der Waals surface area (Å²) in [4.78, 5) is 11.7. The maximum Gasteiger partial charge on any atom is 0.327 e. The molecule has 0 saturated carbocycles. The number of nitriles is 1. The summed E-state index contributed by atoms with van der Waals surface area (Å²) in [6.45, 7) is 1.97. The van der Waals surface area contributed by atoms with E-state index in [0.717, 1.165) is 5.75 Å². The van der Waals surface area contributed by atoms with E-state index in [9.17, 15) is 4.79 Å². The minimum absolute atomic E-state index is 0.256. The Morgan fingerprint density at radius 2 is 1.71 bits per heavy atom. The number of nitrogens with zero attached hydrogens (tertiary/aromatic N) is 1. The van der Waals surface area contributed by atoms with Gasteiger partial charge in [-0.1, -0.05) is 30.3 Å². The fourth-order valence-corrected chi connectivity index (χ4v) is 1.84. The molecule has 21 heavy (non-hydrogen) atoms. The molecular weight excluding hydrogens is 266 g/mol. The highest BCUT2D eigenvalue weighted by molar-refractivity contribution is 5.81. The predicted octanol–water partition coefficient (Wildman–Crippen LogP) is 3.65. The number of carbonyl (C=O) groups is 1. The van der Waals surface area contributed by atoms with Crippen LogP contribution >= 0.6 is 0 Å². The molecule has 0 saturated heterocycles. The Kier molecular flexibility index (Phi) is 4.94. The number of benzene rings is 2. The average Bonchev–Trinajstić information content (AvgIpc) is 2.51. The average molecular weight is 281 g/mol. The van der Waals surface area contributed by atoms with Crippen molar-refractivity contribution in [3.63, 3.8) is 0 Å². The number of rotatable bonds is 5. The molecule has 0 unspecified atom stereocenters. The molecule has 1 atom stereocenters. The standard InChI is InChI=1S/C17H15NO3/c1-2-20-17(19)16(12-18)13-8-10-15(11-9-13)21-14-6-4-3-5-7-14/h3-11,16H,2H2,1H3/t16-/m1/s1. The molecule has 0 spiro atoms. The molecule has 0 bridgehead atoms. The molecule has 106 valence electrons. The van der Waals surface area contributed by atoms with Gasteiger partial charge in [-0.15, -0.1) is 0 Å². The van der Waals surface area contributed by atoms with Gasteiger partial charge in [0.2, 0.25) is 0 Å². The van der Waals surface area contributed by atoms with Crippen molar-refractivity contribution < 1.29 is 14.3 Å². The molecule has 0 N–H and O–H groups in total. The molecule has 4 nitrogen and oxygen atoms in total. The molecule has 2 aromatic rings. The minimum atomic E-state index is -0.907. The van der Waals surface area contributed by atoms with Crippen molar-refractivity contribution in [3.8, 4) is 17.6 Å². The van der Waals surface area contributed by atoms with E-state index in [0.29, 0.717) is 11.3 Å². The molecule has 4 heteroatoms. The van der Waals surface area contributed by atoms with Crippen LogP contribution in [0.4, 0.5) is 0 Å². The van der Waals surface area contributed by atoms with Gasteiger partial charge in [0, 0.05) is 0 Å². The minimum Gasteiger partial charge on any atom is -0.465 e. The lowest BCUT2D eigenvalue weighted by atomic mass is 10.0. The molecule has 0 aliphatic heterocycles. The highest BCUT2D eigenvalue weighted by atomic mass is 16.5. The maximum absolute atomic E-state index is 11.7. The van der Waals surface area contributed by atoms with Crippen LogP contribution in [0.15, 0.2) is 54.6 Å². The summed E-state index contributed by atoms with van der Waals surface area (Å²) in [7, 11) is 0. The van der Waals surface area contributed by atoms with E-state index < -0.39 is 11.9 Å². The topological polar surface area (TPSA) is 59.3 Å². The van der Waals surface area contributed by atoms with Crippen molar-refractivity contribution in [1.82, 2.24) is 0 Å². The highest BCUT2D eigenvalue weighted by Crippen LogP contribution is 2.24. The first kappa shape index (κ1) is 14.6. The third-order valence-electron chi connectivity index (χ3n) is 2.84. The van der Waals surface area contributed by atoms with Crippen molar-refractivity contribution >= 4 is 5.97 Å². The van der Waals surface area contributed by atoms with Crippen LogP contribution < -0.4 is 4.74 Å². The summed E-state index contributed by atoms with van der Waals surface area (Å²) >= 11 is 0. The second-order valence-electron chi connectivity index (χ2n) is 4.30. The smallest absolute Gasteiger partial charge is 0.327 e. The Morgan fingerprint density at radius 3 is 2.29 bits per heavy atom. The summed E-state index contributed by atoms with van der Waals surface area (Å²) in [5, 5.41) is 9.10. The molecule has 0 heterocycles. The molecule has 2 aromatic carbocycles. The monoisotopic (exact) mass is 281 g/mol. The van der Waals surface area contributed by atoms with Crippen LogP contribution in [0.5, 0.6) is 11.5 Å². The summed E-state index contributed by atoms with van der Waals surface area (Å²) < 4.78 is 10.5. The number of ether oxygens (including phenoxy) is 2. The molecule has 0 radical (unpaired) electrons. The first-order chi connectivity index (χ1) is 10.2. The van der Waals surface area contributed by atoms with Crippen molar-refractivity contribution in [2.75, 3.05) is 6.61 Å². The van der Waals surface area contributed by atoms with Gasteiger partial charge in [-0.05, 0) is 36.8 Å². The first-order valence-electron chi connectivity index (χ1n) is 6.63. The zero-order chi connectivity index (χ0) is 15.1. The Morgan fingerprint density at radius 1 is 1.10 bits per heavy atom. The Balaban J connectivity index is 2.11. The van der Waals surface area contributed by atoms with Gasteiger partial charge in [0.15, 0.2) is 5.92 Å². The van der Waals surface area contributed by atoms with Crippen LogP contribution in [-0.4, -0.2) is 12.6 Å². The van der Waals surface area contributed by atoms with Crippen molar-refractivity contribution in [1.29, 1.82) is 5.26 Å². The van der Waals surface area contributed by atoms with E-state index in [2.05, 4.69) is 0 Å². The zero-order valence-corrected chi connectivity index (χ0v) is 11.7. The van der Waals surface area contributed by atoms with Crippen LogP contribution in [0.1, 0.15) is 18.4 Å². The van der Waals surface area contributed by atoms with Crippen molar-refractivity contribution in [3.05, 3.63) is 60.2 Å². The Bertz CT molecular complexity index is 629. The maximum atomic E-state index is 11.7. The van der Waals surface area contributed by atoms with Crippen LogP contribution in [0.3, 0.4) is 0 Å². The van der Waals surface area contributed by atoms with E-state index in [4.69, 9.17) is 14.7 Å². The van der Waals surface area contributed by atoms with Crippen molar-refractivity contribution in [2.45, 2.75) is 12.8 Å². The summed E-state index contributed by atoms with van der Waals surface area (Å²) in [5.41, 5.74) is 0.594. The van der Waals surface area contributed by atoms with Crippen LogP contribution in [0.2, 0.25) is 0 Å². The van der Waals surface area contributed by atoms with Gasteiger partial charge in [-0.2, -0.15) is 5.26 Å². The number of hydrogen-bond acceptors (Lipinski definition) is 4. The van der Waals surface area contributed by atoms with Crippen LogP contribution in [0.25, 0.3) is 0 Å². The second kappa shape index (κ2) is 7.11. The normalized spacial score (nSPS) is 11.2. The van der Waals surface area contributed by atoms with E-state index in [1.54, 1.807) is 31.2 Å². The second-order valence-corrected chi connectivity index (χ2v) is 4.30. The fourth-order valence-electron chi connectivity index (χ4n) is 1.84. The third-order valence-corrected chi connectivity index (χ3v) is 2.84. The number of esters is 1. The van der Waals surface area contributed by atoms with Gasteiger partial charge in [0.1, 0.15) is 11.5 Å².